The van der Waals surface area contributed by atoms with Crippen LogP contribution in [-0.2, 0) is 11.3 Å². The first-order valence-electron chi connectivity index (χ1n) is 9.24. The fraction of sp³-hybridized carbons (Fsp3) is 0.227. The van der Waals surface area contributed by atoms with E-state index in [9.17, 15) is 4.79 Å². The third kappa shape index (κ3) is 4.85. The maximum absolute atomic E-state index is 12.2. The molecule has 0 atom stereocenters. The topological polar surface area (TPSA) is 76.1 Å². The Morgan fingerprint density at radius 1 is 1.04 bits per heavy atom. The Balaban J connectivity index is 1.79. The van der Waals surface area contributed by atoms with E-state index in [1.807, 2.05) is 31.2 Å². The van der Waals surface area contributed by atoms with Gasteiger partial charge in [-0.2, -0.15) is 4.98 Å². The molecule has 0 amide bonds. The monoisotopic (exact) mass is 376 g/mol. The molecular formula is C22H24N4O2. The Labute approximate surface area is 165 Å². The molecule has 0 aliphatic carbocycles. The summed E-state index contributed by atoms with van der Waals surface area (Å²) >= 11 is 0. The second-order valence-electron chi connectivity index (χ2n) is 6.39. The average Bonchev–Trinajstić information content (AvgIpc) is 2.67. The van der Waals surface area contributed by atoms with Crippen molar-refractivity contribution in [3.8, 4) is 0 Å². The number of carbonyl (C=O) groups excluding carboxylic acids is 1. The first-order valence-corrected chi connectivity index (χ1v) is 9.24. The van der Waals surface area contributed by atoms with Crippen LogP contribution in [0, 0.1) is 13.8 Å². The van der Waals surface area contributed by atoms with E-state index in [4.69, 9.17) is 4.74 Å². The van der Waals surface area contributed by atoms with E-state index in [-0.39, 0.29) is 5.97 Å². The first-order chi connectivity index (χ1) is 13.6. The lowest BCUT2D eigenvalue weighted by molar-refractivity contribution is 0.0527. The smallest absolute Gasteiger partial charge is 0.340 e. The Kier molecular flexibility index (Phi) is 6.22. The highest BCUT2D eigenvalue weighted by atomic mass is 16.5. The maximum atomic E-state index is 12.2. The van der Waals surface area contributed by atoms with Gasteiger partial charge in [0, 0.05) is 18.3 Å². The van der Waals surface area contributed by atoms with Crippen molar-refractivity contribution < 1.29 is 9.53 Å². The van der Waals surface area contributed by atoms with Crippen LogP contribution in [0.15, 0.2) is 54.6 Å². The second-order valence-corrected chi connectivity index (χ2v) is 6.39. The summed E-state index contributed by atoms with van der Waals surface area (Å²) in [5.74, 6) is 0.757. The zero-order valence-electron chi connectivity index (χ0n) is 16.3. The molecule has 3 aromatic rings. The van der Waals surface area contributed by atoms with Crippen molar-refractivity contribution in [1.29, 1.82) is 0 Å². The number of rotatable bonds is 7. The zero-order chi connectivity index (χ0) is 19.9. The van der Waals surface area contributed by atoms with Gasteiger partial charge in [0.25, 0.3) is 0 Å². The third-order valence-corrected chi connectivity index (χ3v) is 4.24. The minimum absolute atomic E-state index is 0.321. The van der Waals surface area contributed by atoms with Crippen LogP contribution >= 0.6 is 0 Å². The van der Waals surface area contributed by atoms with Gasteiger partial charge >= 0.3 is 5.97 Å². The lowest BCUT2D eigenvalue weighted by Gasteiger charge is -2.13. The number of hydrogen-bond donors (Lipinski definition) is 2. The van der Waals surface area contributed by atoms with Gasteiger partial charge < -0.3 is 15.4 Å². The molecule has 0 fully saturated rings. The number of para-hydroxylation sites is 1. The molecule has 144 valence electrons. The van der Waals surface area contributed by atoms with Gasteiger partial charge in [0.15, 0.2) is 0 Å². The molecule has 0 radical (unpaired) electrons. The van der Waals surface area contributed by atoms with Gasteiger partial charge in [0.2, 0.25) is 5.95 Å². The molecule has 3 rings (SSSR count). The van der Waals surface area contributed by atoms with Crippen molar-refractivity contribution in [1.82, 2.24) is 9.97 Å². The number of esters is 1. The highest BCUT2D eigenvalue weighted by Gasteiger charge is 2.13. The predicted octanol–water partition coefficient (Wildman–Crippen LogP) is 4.63. The van der Waals surface area contributed by atoms with Crippen LogP contribution < -0.4 is 10.6 Å². The summed E-state index contributed by atoms with van der Waals surface area (Å²) in [5, 5.41) is 6.48. The summed E-state index contributed by atoms with van der Waals surface area (Å²) in [5.41, 5.74) is 4.31. The summed E-state index contributed by atoms with van der Waals surface area (Å²) in [4.78, 5) is 21.1. The third-order valence-electron chi connectivity index (χ3n) is 4.24. The molecule has 2 aromatic carbocycles. The Morgan fingerprint density at radius 3 is 2.57 bits per heavy atom. The first kappa shape index (κ1) is 19.4. The SMILES string of the molecule is CCOC(=O)c1ccccc1Nc1nc(C)cc(NCc2ccccc2C)n1. The van der Waals surface area contributed by atoms with Crippen molar-refractivity contribution in [3.05, 3.63) is 77.0 Å². The van der Waals surface area contributed by atoms with Gasteiger partial charge in [0.05, 0.1) is 17.9 Å². The van der Waals surface area contributed by atoms with Gasteiger partial charge in [-0.05, 0) is 44.0 Å². The van der Waals surface area contributed by atoms with Crippen molar-refractivity contribution in [3.63, 3.8) is 0 Å². The predicted molar refractivity (Wildman–Crippen MR) is 111 cm³/mol. The molecule has 0 spiro atoms. The van der Waals surface area contributed by atoms with E-state index < -0.39 is 0 Å². The van der Waals surface area contributed by atoms with E-state index in [0.29, 0.717) is 36.2 Å². The molecule has 0 unspecified atom stereocenters. The van der Waals surface area contributed by atoms with Crippen LogP contribution in [0.5, 0.6) is 0 Å². The molecular weight excluding hydrogens is 352 g/mol. The zero-order valence-corrected chi connectivity index (χ0v) is 16.3. The fourth-order valence-electron chi connectivity index (χ4n) is 2.81. The molecule has 0 saturated heterocycles. The largest absolute Gasteiger partial charge is 0.462 e. The number of ether oxygens (including phenoxy) is 1. The van der Waals surface area contributed by atoms with Crippen LogP contribution in [0.1, 0.15) is 34.1 Å². The van der Waals surface area contributed by atoms with Crippen LogP contribution in [0.2, 0.25) is 0 Å². The van der Waals surface area contributed by atoms with E-state index >= 15 is 0 Å². The van der Waals surface area contributed by atoms with E-state index in [1.54, 1.807) is 25.1 Å². The molecule has 1 aromatic heterocycles. The fourth-order valence-corrected chi connectivity index (χ4v) is 2.81. The highest BCUT2D eigenvalue weighted by molar-refractivity contribution is 5.96. The number of nitrogens with zero attached hydrogens (tertiary/aromatic N) is 2. The van der Waals surface area contributed by atoms with Gasteiger partial charge in [-0.3, -0.25) is 0 Å². The Morgan fingerprint density at radius 2 is 1.79 bits per heavy atom. The van der Waals surface area contributed by atoms with Gasteiger partial charge in [-0.1, -0.05) is 36.4 Å². The van der Waals surface area contributed by atoms with Crippen molar-refractivity contribution in [2.24, 2.45) is 0 Å². The van der Waals surface area contributed by atoms with Crippen molar-refractivity contribution >= 4 is 23.4 Å². The summed E-state index contributed by atoms with van der Waals surface area (Å²) in [6, 6.07) is 17.3. The Hall–Kier alpha value is -3.41. The molecule has 6 heteroatoms. The van der Waals surface area contributed by atoms with Gasteiger partial charge in [0.1, 0.15) is 5.82 Å². The lowest BCUT2D eigenvalue weighted by atomic mass is 10.1. The Bertz CT molecular complexity index is 972. The van der Waals surface area contributed by atoms with E-state index in [1.165, 1.54) is 11.1 Å². The van der Waals surface area contributed by atoms with Crippen molar-refractivity contribution in [2.75, 3.05) is 17.2 Å². The molecule has 28 heavy (non-hydrogen) atoms. The van der Waals surface area contributed by atoms with Crippen LogP contribution in [0.4, 0.5) is 17.5 Å². The molecule has 0 aliphatic heterocycles. The van der Waals surface area contributed by atoms with Crippen LogP contribution in [0.3, 0.4) is 0 Å². The van der Waals surface area contributed by atoms with Gasteiger partial charge in [-0.25, -0.2) is 9.78 Å². The summed E-state index contributed by atoms with van der Waals surface area (Å²) in [6.45, 7) is 6.76. The summed E-state index contributed by atoms with van der Waals surface area (Å²) in [6.07, 6.45) is 0. The molecule has 6 nitrogen and oxygen atoms in total. The quantitative estimate of drug-likeness (QED) is 0.586. The molecule has 2 N–H and O–H groups in total. The molecule has 0 saturated carbocycles. The summed E-state index contributed by atoms with van der Waals surface area (Å²) in [7, 11) is 0. The average molecular weight is 376 g/mol. The standard InChI is InChI=1S/C22H24N4O2/c1-4-28-21(27)18-11-7-8-12-19(18)25-22-24-16(3)13-20(26-22)23-14-17-10-6-5-9-15(17)2/h5-13H,4,14H2,1-3H3,(H2,23,24,25,26). The normalized spacial score (nSPS) is 10.4. The number of aryl methyl sites for hydroxylation is 2. The number of aromatic nitrogens is 2. The van der Waals surface area contributed by atoms with Gasteiger partial charge in [-0.15, -0.1) is 0 Å². The lowest BCUT2D eigenvalue weighted by Crippen LogP contribution is -2.10. The van der Waals surface area contributed by atoms with Crippen LogP contribution in [-0.4, -0.2) is 22.5 Å². The van der Waals surface area contributed by atoms with E-state index in [0.717, 1.165) is 5.69 Å². The highest BCUT2D eigenvalue weighted by Crippen LogP contribution is 2.21. The number of hydrogen-bond acceptors (Lipinski definition) is 6. The van der Waals surface area contributed by atoms with E-state index in [2.05, 4.69) is 39.7 Å². The maximum Gasteiger partial charge on any atom is 0.340 e. The summed E-state index contributed by atoms with van der Waals surface area (Å²) < 4.78 is 5.12. The molecule has 0 aliphatic rings. The number of carbonyl (C=O) groups is 1. The second kappa shape index (κ2) is 8.99. The minimum Gasteiger partial charge on any atom is -0.462 e. The number of nitrogens with one attached hydrogen (secondary N) is 2. The minimum atomic E-state index is -0.379. The number of anilines is 3. The molecule has 1 heterocycles. The number of benzene rings is 2. The van der Waals surface area contributed by atoms with Crippen LogP contribution in [0.25, 0.3) is 0 Å². The van der Waals surface area contributed by atoms with Crippen molar-refractivity contribution in [2.45, 2.75) is 27.3 Å². The molecule has 0 bridgehead atoms.